The van der Waals surface area contributed by atoms with Crippen LogP contribution in [0.3, 0.4) is 0 Å². The zero-order valence-corrected chi connectivity index (χ0v) is 8.45. The maximum absolute atomic E-state index is 11.5. The molecule has 82 valence electrons. The molecule has 1 rings (SSSR count). The van der Waals surface area contributed by atoms with E-state index in [1.165, 1.54) is 6.26 Å². The van der Waals surface area contributed by atoms with Crippen LogP contribution in [-0.4, -0.2) is 23.5 Å². The van der Waals surface area contributed by atoms with Gasteiger partial charge in [0.05, 0.1) is 11.8 Å². The lowest BCUT2D eigenvalue weighted by Crippen LogP contribution is -2.29. The van der Waals surface area contributed by atoms with Crippen LogP contribution in [0, 0.1) is 0 Å². The molecule has 5 heteroatoms. The number of aliphatic carboxylic acids is 1. The molecule has 0 aromatic carbocycles. The lowest BCUT2D eigenvalue weighted by Gasteiger charge is -2.01. The Labute approximate surface area is 87.1 Å². The summed E-state index contributed by atoms with van der Waals surface area (Å²) in [5.74, 6) is -0.876. The minimum atomic E-state index is -1.07. The van der Waals surface area contributed by atoms with Crippen molar-refractivity contribution in [2.75, 3.05) is 6.54 Å². The first kappa shape index (κ1) is 11.3. The van der Waals surface area contributed by atoms with E-state index in [0.29, 0.717) is 17.7 Å². The Hall–Kier alpha value is -1.78. The number of hydrogen-bond donors (Lipinski definition) is 2. The second-order valence-electron chi connectivity index (χ2n) is 3.08. The van der Waals surface area contributed by atoms with Gasteiger partial charge >= 0.3 is 5.97 Å². The zero-order valence-electron chi connectivity index (χ0n) is 8.45. The Bertz CT molecular complexity index is 356. The third-order valence-corrected chi connectivity index (χ3v) is 1.87. The highest BCUT2D eigenvalue weighted by molar-refractivity contribution is 5.96. The Balaban J connectivity index is 2.64. The van der Waals surface area contributed by atoms with Crippen LogP contribution >= 0.6 is 0 Å². The first-order valence-corrected chi connectivity index (χ1v) is 4.71. The molecule has 0 aliphatic carbocycles. The fourth-order valence-electron chi connectivity index (χ4n) is 1.21. The molecule has 2 N–H and O–H groups in total. The van der Waals surface area contributed by atoms with Gasteiger partial charge in [-0.05, 0) is 12.5 Å². The van der Waals surface area contributed by atoms with E-state index in [-0.39, 0.29) is 6.54 Å². The number of nitrogens with one attached hydrogen (secondary N) is 1. The molecule has 1 aromatic heterocycles. The van der Waals surface area contributed by atoms with Crippen molar-refractivity contribution in [2.24, 2.45) is 0 Å². The molecule has 0 saturated heterocycles. The summed E-state index contributed by atoms with van der Waals surface area (Å²) in [5, 5.41) is 10.7. The van der Waals surface area contributed by atoms with Crippen LogP contribution in [0.25, 0.3) is 0 Å². The molecule has 0 unspecified atom stereocenters. The van der Waals surface area contributed by atoms with Gasteiger partial charge in [-0.15, -0.1) is 0 Å². The SMILES string of the molecule is CCCc1occc1C(=O)NCC(=O)O. The molecular formula is C10H13NO4. The summed E-state index contributed by atoms with van der Waals surface area (Å²) < 4.78 is 5.12. The molecule has 0 fully saturated rings. The molecule has 1 aromatic rings. The fourth-order valence-corrected chi connectivity index (χ4v) is 1.21. The third-order valence-electron chi connectivity index (χ3n) is 1.87. The van der Waals surface area contributed by atoms with Crippen molar-refractivity contribution in [2.45, 2.75) is 19.8 Å². The normalized spacial score (nSPS) is 9.93. The maximum atomic E-state index is 11.5. The number of carbonyl (C=O) groups is 2. The van der Waals surface area contributed by atoms with Gasteiger partial charge in [0.25, 0.3) is 5.91 Å². The summed E-state index contributed by atoms with van der Waals surface area (Å²) in [6, 6.07) is 1.54. The van der Waals surface area contributed by atoms with E-state index in [9.17, 15) is 9.59 Å². The van der Waals surface area contributed by atoms with E-state index in [4.69, 9.17) is 9.52 Å². The first-order valence-electron chi connectivity index (χ1n) is 4.71. The number of carboxylic acids is 1. The monoisotopic (exact) mass is 211 g/mol. The minimum Gasteiger partial charge on any atom is -0.480 e. The summed E-state index contributed by atoms with van der Waals surface area (Å²) in [4.78, 5) is 21.7. The quantitative estimate of drug-likeness (QED) is 0.762. The number of carbonyl (C=O) groups excluding carboxylic acids is 1. The molecule has 1 amide bonds. The highest BCUT2D eigenvalue weighted by Gasteiger charge is 2.14. The molecule has 15 heavy (non-hydrogen) atoms. The van der Waals surface area contributed by atoms with Crippen molar-refractivity contribution in [1.29, 1.82) is 0 Å². The molecule has 0 atom stereocenters. The molecule has 0 aliphatic heterocycles. The molecular weight excluding hydrogens is 198 g/mol. The summed E-state index contributed by atoms with van der Waals surface area (Å²) in [6.45, 7) is 1.59. The van der Waals surface area contributed by atoms with E-state index in [1.807, 2.05) is 6.92 Å². The van der Waals surface area contributed by atoms with Crippen LogP contribution in [0.15, 0.2) is 16.7 Å². The van der Waals surface area contributed by atoms with Gasteiger partial charge in [-0.3, -0.25) is 9.59 Å². The third kappa shape index (κ3) is 3.12. The predicted octanol–water partition coefficient (Wildman–Crippen LogP) is 1.05. The minimum absolute atomic E-state index is 0.379. The second-order valence-corrected chi connectivity index (χ2v) is 3.08. The van der Waals surface area contributed by atoms with Crippen LogP contribution in [0.1, 0.15) is 29.5 Å². The van der Waals surface area contributed by atoms with Gasteiger partial charge in [-0.25, -0.2) is 0 Å². The molecule has 0 aliphatic rings. The Morgan fingerprint density at radius 1 is 1.53 bits per heavy atom. The van der Waals surface area contributed by atoms with E-state index in [2.05, 4.69) is 5.32 Å². The maximum Gasteiger partial charge on any atom is 0.322 e. The number of furan rings is 1. The standard InChI is InChI=1S/C10H13NO4/c1-2-3-8-7(4-5-15-8)10(14)11-6-9(12)13/h4-5H,2-3,6H2,1H3,(H,11,14)(H,12,13). The van der Waals surface area contributed by atoms with Gasteiger partial charge in [0.2, 0.25) is 0 Å². The molecule has 0 bridgehead atoms. The Morgan fingerprint density at radius 3 is 2.87 bits per heavy atom. The van der Waals surface area contributed by atoms with E-state index >= 15 is 0 Å². The van der Waals surface area contributed by atoms with Gasteiger partial charge in [-0.2, -0.15) is 0 Å². The number of rotatable bonds is 5. The van der Waals surface area contributed by atoms with Crippen molar-refractivity contribution in [3.63, 3.8) is 0 Å². The van der Waals surface area contributed by atoms with Crippen molar-refractivity contribution in [3.05, 3.63) is 23.7 Å². The summed E-state index contributed by atoms with van der Waals surface area (Å²) in [6.07, 6.45) is 2.97. The average molecular weight is 211 g/mol. The van der Waals surface area contributed by atoms with Gasteiger partial charge in [0.1, 0.15) is 12.3 Å². The van der Waals surface area contributed by atoms with Crippen LogP contribution in [0.4, 0.5) is 0 Å². The fraction of sp³-hybridized carbons (Fsp3) is 0.400. The Morgan fingerprint density at radius 2 is 2.27 bits per heavy atom. The smallest absolute Gasteiger partial charge is 0.322 e. The van der Waals surface area contributed by atoms with Gasteiger partial charge in [0.15, 0.2) is 0 Å². The zero-order chi connectivity index (χ0) is 11.3. The number of aryl methyl sites for hydroxylation is 1. The molecule has 5 nitrogen and oxygen atoms in total. The average Bonchev–Trinajstić information content (AvgIpc) is 2.63. The van der Waals surface area contributed by atoms with Crippen molar-refractivity contribution >= 4 is 11.9 Å². The van der Waals surface area contributed by atoms with Crippen molar-refractivity contribution in [1.82, 2.24) is 5.32 Å². The van der Waals surface area contributed by atoms with E-state index in [0.717, 1.165) is 6.42 Å². The first-order chi connectivity index (χ1) is 7.15. The molecule has 0 spiro atoms. The molecule has 0 saturated carbocycles. The number of amides is 1. The summed E-state index contributed by atoms with van der Waals surface area (Å²) in [7, 11) is 0. The predicted molar refractivity (Wildman–Crippen MR) is 52.7 cm³/mol. The summed E-state index contributed by atoms with van der Waals surface area (Å²) in [5.41, 5.74) is 0.415. The lowest BCUT2D eigenvalue weighted by atomic mass is 10.1. The highest BCUT2D eigenvalue weighted by atomic mass is 16.4. The van der Waals surface area contributed by atoms with E-state index < -0.39 is 11.9 Å². The Kier molecular flexibility index (Phi) is 3.91. The van der Waals surface area contributed by atoms with Crippen molar-refractivity contribution < 1.29 is 19.1 Å². The van der Waals surface area contributed by atoms with Crippen LogP contribution in [0.5, 0.6) is 0 Å². The van der Waals surface area contributed by atoms with Crippen molar-refractivity contribution in [3.8, 4) is 0 Å². The molecule has 0 radical (unpaired) electrons. The van der Waals surface area contributed by atoms with Gasteiger partial charge < -0.3 is 14.8 Å². The lowest BCUT2D eigenvalue weighted by molar-refractivity contribution is -0.135. The second kappa shape index (κ2) is 5.19. The number of carboxylic acid groups (broad SMARTS) is 1. The molecule has 1 heterocycles. The topological polar surface area (TPSA) is 79.5 Å². The van der Waals surface area contributed by atoms with Crippen LogP contribution in [0.2, 0.25) is 0 Å². The largest absolute Gasteiger partial charge is 0.480 e. The summed E-state index contributed by atoms with van der Waals surface area (Å²) >= 11 is 0. The van der Waals surface area contributed by atoms with Crippen LogP contribution in [-0.2, 0) is 11.2 Å². The van der Waals surface area contributed by atoms with Crippen LogP contribution < -0.4 is 5.32 Å². The van der Waals surface area contributed by atoms with Gasteiger partial charge in [-0.1, -0.05) is 6.92 Å². The van der Waals surface area contributed by atoms with E-state index in [1.54, 1.807) is 6.07 Å². The number of hydrogen-bond acceptors (Lipinski definition) is 3. The highest BCUT2D eigenvalue weighted by Crippen LogP contribution is 2.12. The van der Waals surface area contributed by atoms with Gasteiger partial charge in [0, 0.05) is 6.42 Å².